The largest absolute Gasteiger partial charge is 0.479 e. The molecule has 3 N–H and O–H groups in total. The highest BCUT2D eigenvalue weighted by atomic mass is 16.7. The Balaban J connectivity index is 1.36. The topological polar surface area (TPSA) is 114 Å². The van der Waals surface area contributed by atoms with Gasteiger partial charge in [-0.15, -0.1) is 0 Å². The molecule has 174 valence electrons. The smallest absolute Gasteiger partial charge is 0.407 e. The van der Waals surface area contributed by atoms with E-state index in [1.807, 2.05) is 36.4 Å². The van der Waals surface area contributed by atoms with Crippen LogP contribution >= 0.6 is 0 Å². The predicted molar refractivity (Wildman–Crippen MR) is 120 cm³/mol. The maximum Gasteiger partial charge on any atom is 0.407 e. The number of amides is 2. The van der Waals surface area contributed by atoms with Crippen molar-refractivity contribution in [3.05, 3.63) is 59.7 Å². The van der Waals surface area contributed by atoms with Gasteiger partial charge < -0.3 is 15.2 Å². The molecule has 8 nitrogen and oxygen atoms in total. The SMILES string of the molecule is CC(C)C(NC(=O)OCC1c2ccccc2-c2ccccc21)C(=O)NOC(C(=O)O)C1CC1. The van der Waals surface area contributed by atoms with Gasteiger partial charge in [-0.05, 0) is 46.9 Å². The molecule has 33 heavy (non-hydrogen) atoms. The summed E-state index contributed by atoms with van der Waals surface area (Å²) in [7, 11) is 0. The number of rotatable bonds is 9. The summed E-state index contributed by atoms with van der Waals surface area (Å²) >= 11 is 0. The summed E-state index contributed by atoms with van der Waals surface area (Å²) in [6, 6.07) is 15.1. The molecule has 2 aromatic carbocycles. The summed E-state index contributed by atoms with van der Waals surface area (Å²) in [5.41, 5.74) is 6.65. The summed E-state index contributed by atoms with van der Waals surface area (Å²) in [5, 5.41) is 11.8. The van der Waals surface area contributed by atoms with Crippen LogP contribution in [0.15, 0.2) is 48.5 Å². The Morgan fingerprint density at radius 1 is 1.00 bits per heavy atom. The number of fused-ring (bicyclic) bond motifs is 3. The molecule has 2 aliphatic rings. The number of carbonyl (C=O) groups excluding carboxylic acids is 2. The number of carboxylic acid groups (broad SMARTS) is 1. The molecule has 0 bridgehead atoms. The highest BCUT2D eigenvalue weighted by molar-refractivity contribution is 5.85. The second-order valence-corrected chi connectivity index (χ2v) is 8.87. The van der Waals surface area contributed by atoms with Crippen LogP contribution in [0, 0.1) is 11.8 Å². The molecule has 1 saturated carbocycles. The molecule has 2 unspecified atom stereocenters. The number of hydroxylamine groups is 1. The lowest BCUT2D eigenvalue weighted by Gasteiger charge is -2.23. The number of hydrogen-bond acceptors (Lipinski definition) is 5. The summed E-state index contributed by atoms with van der Waals surface area (Å²) < 4.78 is 5.52. The molecule has 2 aliphatic carbocycles. The lowest BCUT2D eigenvalue weighted by Crippen LogP contribution is -2.51. The van der Waals surface area contributed by atoms with Crippen molar-refractivity contribution in [1.82, 2.24) is 10.8 Å². The lowest BCUT2D eigenvalue weighted by atomic mass is 9.98. The molecule has 0 radical (unpaired) electrons. The highest BCUT2D eigenvalue weighted by Gasteiger charge is 2.39. The van der Waals surface area contributed by atoms with Gasteiger partial charge in [-0.3, -0.25) is 9.63 Å². The Bertz CT molecular complexity index is 1000. The average Bonchev–Trinajstić information content (AvgIpc) is 3.58. The minimum Gasteiger partial charge on any atom is -0.479 e. The van der Waals surface area contributed by atoms with E-state index in [1.165, 1.54) is 0 Å². The third kappa shape index (κ3) is 5.01. The second-order valence-electron chi connectivity index (χ2n) is 8.87. The number of carbonyl (C=O) groups is 3. The van der Waals surface area contributed by atoms with Gasteiger partial charge in [0.25, 0.3) is 5.91 Å². The summed E-state index contributed by atoms with van der Waals surface area (Å²) in [6.45, 7) is 3.67. The van der Waals surface area contributed by atoms with Gasteiger partial charge in [-0.2, -0.15) is 0 Å². The van der Waals surface area contributed by atoms with Crippen LogP contribution in [0.25, 0.3) is 11.1 Å². The van der Waals surface area contributed by atoms with Crippen molar-refractivity contribution in [2.75, 3.05) is 6.61 Å². The van der Waals surface area contributed by atoms with Gasteiger partial charge in [0, 0.05) is 5.92 Å². The molecule has 4 rings (SSSR count). The van der Waals surface area contributed by atoms with Crippen molar-refractivity contribution in [1.29, 1.82) is 0 Å². The van der Waals surface area contributed by atoms with Gasteiger partial charge in [0.15, 0.2) is 6.10 Å². The third-order valence-electron chi connectivity index (χ3n) is 6.15. The number of benzene rings is 2. The van der Waals surface area contributed by atoms with Crippen LogP contribution in [-0.2, 0) is 19.2 Å². The van der Waals surface area contributed by atoms with Gasteiger partial charge in [0.2, 0.25) is 0 Å². The molecule has 8 heteroatoms. The summed E-state index contributed by atoms with van der Waals surface area (Å²) in [4.78, 5) is 41.6. The van der Waals surface area contributed by atoms with E-state index >= 15 is 0 Å². The molecule has 0 saturated heterocycles. The maximum absolute atomic E-state index is 12.6. The van der Waals surface area contributed by atoms with Crippen molar-refractivity contribution in [2.24, 2.45) is 11.8 Å². The zero-order valence-electron chi connectivity index (χ0n) is 18.6. The van der Waals surface area contributed by atoms with E-state index in [1.54, 1.807) is 13.8 Å². The first-order valence-electron chi connectivity index (χ1n) is 11.2. The van der Waals surface area contributed by atoms with Crippen LogP contribution in [0.1, 0.15) is 43.7 Å². The molecule has 0 spiro atoms. The fourth-order valence-electron chi connectivity index (χ4n) is 4.23. The van der Waals surface area contributed by atoms with E-state index in [4.69, 9.17) is 9.57 Å². The van der Waals surface area contributed by atoms with Crippen molar-refractivity contribution < 1.29 is 29.1 Å². The van der Waals surface area contributed by atoms with Crippen LogP contribution in [0.2, 0.25) is 0 Å². The van der Waals surface area contributed by atoms with E-state index in [-0.39, 0.29) is 24.4 Å². The third-order valence-corrected chi connectivity index (χ3v) is 6.15. The Morgan fingerprint density at radius 3 is 2.09 bits per heavy atom. The van der Waals surface area contributed by atoms with Crippen LogP contribution in [0.4, 0.5) is 4.79 Å². The first-order chi connectivity index (χ1) is 15.9. The molecule has 0 heterocycles. The number of aliphatic carboxylic acids is 1. The Labute approximate surface area is 192 Å². The molecular weight excluding hydrogens is 424 g/mol. The van der Waals surface area contributed by atoms with Crippen molar-refractivity contribution in [3.8, 4) is 11.1 Å². The van der Waals surface area contributed by atoms with Crippen LogP contribution < -0.4 is 10.8 Å². The first-order valence-corrected chi connectivity index (χ1v) is 11.2. The van der Waals surface area contributed by atoms with Gasteiger partial charge >= 0.3 is 12.1 Å². The van der Waals surface area contributed by atoms with E-state index in [2.05, 4.69) is 22.9 Å². The standard InChI is InChI=1S/C25H28N2O6/c1-14(2)21(23(28)27-33-22(24(29)30)15-11-12-15)26-25(31)32-13-20-18-9-5-3-7-16(18)17-8-4-6-10-19(17)20/h3-10,14-15,20-22H,11-13H2,1-2H3,(H,26,31)(H,27,28)(H,29,30). The van der Waals surface area contributed by atoms with E-state index in [9.17, 15) is 19.5 Å². The quantitative estimate of drug-likeness (QED) is 0.502. The Morgan fingerprint density at radius 2 is 1.58 bits per heavy atom. The average molecular weight is 453 g/mol. The number of nitrogens with one attached hydrogen (secondary N) is 2. The summed E-state index contributed by atoms with van der Waals surface area (Å²) in [5.74, 6) is -2.20. The van der Waals surface area contributed by atoms with Crippen molar-refractivity contribution in [2.45, 2.75) is 44.8 Å². The minimum absolute atomic E-state index is 0.0901. The fourth-order valence-corrected chi connectivity index (χ4v) is 4.23. The first kappa shape index (κ1) is 22.8. The second kappa shape index (κ2) is 9.62. The van der Waals surface area contributed by atoms with Crippen molar-refractivity contribution >= 4 is 18.0 Å². The molecule has 1 fully saturated rings. The maximum atomic E-state index is 12.6. The normalized spacial score (nSPS) is 16.5. The van der Waals surface area contributed by atoms with Gasteiger partial charge in [-0.25, -0.2) is 15.1 Å². The van der Waals surface area contributed by atoms with Crippen LogP contribution in [-0.4, -0.2) is 41.8 Å². The molecule has 0 aromatic heterocycles. The summed E-state index contributed by atoms with van der Waals surface area (Å²) in [6.07, 6.45) is -0.310. The molecule has 0 aliphatic heterocycles. The van der Waals surface area contributed by atoms with E-state index in [0.29, 0.717) is 0 Å². The van der Waals surface area contributed by atoms with Gasteiger partial charge in [0.05, 0.1) is 0 Å². The van der Waals surface area contributed by atoms with Gasteiger partial charge in [-0.1, -0.05) is 62.4 Å². The minimum atomic E-state index is -1.12. The molecule has 2 atom stereocenters. The lowest BCUT2D eigenvalue weighted by molar-refractivity contribution is -0.163. The van der Waals surface area contributed by atoms with Crippen molar-refractivity contribution in [3.63, 3.8) is 0 Å². The Kier molecular flexibility index (Phi) is 6.65. The van der Waals surface area contributed by atoms with E-state index in [0.717, 1.165) is 35.1 Å². The molecule has 2 amide bonds. The van der Waals surface area contributed by atoms with Gasteiger partial charge in [0.1, 0.15) is 12.6 Å². The zero-order chi connectivity index (χ0) is 23.5. The molecular formula is C25H28N2O6. The number of hydrogen-bond donors (Lipinski definition) is 3. The van der Waals surface area contributed by atoms with Crippen LogP contribution in [0.5, 0.6) is 0 Å². The Hall–Kier alpha value is -3.39. The predicted octanol–water partition coefficient (Wildman–Crippen LogP) is 3.46. The highest BCUT2D eigenvalue weighted by Crippen LogP contribution is 2.44. The molecule has 2 aromatic rings. The number of alkyl carbamates (subject to hydrolysis) is 1. The fraction of sp³-hybridized carbons (Fsp3) is 0.400. The zero-order valence-corrected chi connectivity index (χ0v) is 18.6. The monoisotopic (exact) mass is 452 g/mol. The van der Waals surface area contributed by atoms with E-state index < -0.39 is 30.1 Å². The number of ether oxygens (including phenoxy) is 1. The van der Waals surface area contributed by atoms with Crippen LogP contribution in [0.3, 0.4) is 0 Å². The number of carboxylic acids is 1.